The highest BCUT2D eigenvalue weighted by Crippen LogP contribution is 2.20. The summed E-state index contributed by atoms with van der Waals surface area (Å²) in [5, 5.41) is 12.4. The maximum absolute atomic E-state index is 12.5. The van der Waals surface area contributed by atoms with Gasteiger partial charge in [-0.2, -0.15) is 0 Å². The SMILES string of the molecule is Cc1nnsc1C(=O)N1CCN(c2ccc(-c3ccco3)nn2)CC1. The highest BCUT2D eigenvalue weighted by molar-refractivity contribution is 7.07. The van der Waals surface area contributed by atoms with Crippen molar-refractivity contribution in [2.24, 2.45) is 0 Å². The van der Waals surface area contributed by atoms with E-state index in [1.54, 1.807) is 6.26 Å². The molecular weight excluding hydrogens is 340 g/mol. The van der Waals surface area contributed by atoms with E-state index in [-0.39, 0.29) is 5.91 Å². The van der Waals surface area contributed by atoms with Crippen LogP contribution in [0.2, 0.25) is 0 Å². The van der Waals surface area contributed by atoms with Crippen molar-refractivity contribution in [2.75, 3.05) is 31.1 Å². The van der Waals surface area contributed by atoms with Crippen molar-refractivity contribution in [3.05, 3.63) is 41.1 Å². The molecule has 9 heteroatoms. The average Bonchev–Trinajstić information content (AvgIpc) is 3.33. The first-order valence-corrected chi connectivity index (χ1v) is 8.70. The number of anilines is 1. The Morgan fingerprint density at radius 2 is 1.96 bits per heavy atom. The van der Waals surface area contributed by atoms with Crippen LogP contribution in [0.15, 0.2) is 34.9 Å². The van der Waals surface area contributed by atoms with Gasteiger partial charge in [0.05, 0.1) is 12.0 Å². The molecule has 0 radical (unpaired) electrons. The van der Waals surface area contributed by atoms with E-state index in [1.165, 1.54) is 0 Å². The molecule has 0 atom stereocenters. The maximum atomic E-state index is 12.5. The largest absolute Gasteiger partial charge is 0.463 e. The van der Waals surface area contributed by atoms with Crippen LogP contribution < -0.4 is 4.90 Å². The van der Waals surface area contributed by atoms with Gasteiger partial charge in [0, 0.05) is 26.2 Å². The fourth-order valence-electron chi connectivity index (χ4n) is 2.76. The van der Waals surface area contributed by atoms with Gasteiger partial charge in [-0.3, -0.25) is 4.79 Å². The number of rotatable bonds is 3. The molecule has 3 aromatic rings. The quantitative estimate of drug-likeness (QED) is 0.708. The summed E-state index contributed by atoms with van der Waals surface area (Å²) in [6, 6.07) is 7.50. The van der Waals surface area contributed by atoms with Crippen LogP contribution in [-0.2, 0) is 0 Å². The predicted molar refractivity (Wildman–Crippen MR) is 92.5 cm³/mol. The zero-order valence-corrected chi connectivity index (χ0v) is 14.4. The summed E-state index contributed by atoms with van der Waals surface area (Å²) in [5.41, 5.74) is 1.40. The lowest BCUT2D eigenvalue weighted by molar-refractivity contribution is 0.0750. The van der Waals surface area contributed by atoms with Crippen LogP contribution in [0.25, 0.3) is 11.5 Å². The molecule has 3 aromatic heterocycles. The van der Waals surface area contributed by atoms with E-state index in [4.69, 9.17) is 4.42 Å². The Balaban J connectivity index is 1.40. The van der Waals surface area contributed by atoms with Gasteiger partial charge in [0.25, 0.3) is 5.91 Å². The molecule has 0 bridgehead atoms. The van der Waals surface area contributed by atoms with Crippen LogP contribution in [0.5, 0.6) is 0 Å². The van der Waals surface area contributed by atoms with Crippen molar-refractivity contribution in [1.29, 1.82) is 0 Å². The minimum atomic E-state index is 0.00593. The standard InChI is InChI=1S/C16H16N6O2S/c1-11-15(25-20-17-11)16(23)22-8-6-21(7-9-22)14-5-4-12(18-19-14)13-3-2-10-24-13/h2-5,10H,6-9H2,1H3. The molecule has 0 N–H and O–H groups in total. The maximum Gasteiger partial charge on any atom is 0.267 e. The van der Waals surface area contributed by atoms with Crippen molar-refractivity contribution in [3.63, 3.8) is 0 Å². The van der Waals surface area contributed by atoms with Gasteiger partial charge in [-0.15, -0.1) is 15.3 Å². The average molecular weight is 356 g/mol. The molecule has 1 aliphatic rings. The monoisotopic (exact) mass is 356 g/mol. The molecule has 0 spiro atoms. The lowest BCUT2D eigenvalue weighted by atomic mass is 10.2. The summed E-state index contributed by atoms with van der Waals surface area (Å²) >= 11 is 1.15. The second-order valence-electron chi connectivity index (χ2n) is 5.72. The number of carbonyl (C=O) groups is 1. The number of amides is 1. The van der Waals surface area contributed by atoms with Crippen LogP contribution >= 0.6 is 11.5 Å². The van der Waals surface area contributed by atoms with Crippen LogP contribution in [0.1, 0.15) is 15.4 Å². The van der Waals surface area contributed by atoms with Crippen molar-refractivity contribution in [3.8, 4) is 11.5 Å². The topological polar surface area (TPSA) is 88.3 Å². The molecule has 1 fully saturated rings. The van der Waals surface area contributed by atoms with Crippen LogP contribution in [0.4, 0.5) is 5.82 Å². The fourth-order valence-corrected chi connectivity index (χ4v) is 3.38. The Morgan fingerprint density at radius 3 is 2.56 bits per heavy atom. The van der Waals surface area contributed by atoms with Gasteiger partial charge in [0.15, 0.2) is 11.6 Å². The number of hydrogen-bond donors (Lipinski definition) is 0. The lowest BCUT2D eigenvalue weighted by Gasteiger charge is -2.34. The fraction of sp³-hybridized carbons (Fsp3) is 0.312. The van der Waals surface area contributed by atoms with Crippen LogP contribution in [0, 0.1) is 6.92 Å². The molecule has 0 aliphatic carbocycles. The molecular formula is C16H16N6O2S. The molecule has 1 aliphatic heterocycles. The molecule has 1 saturated heterocycles. The van der Waals surface area contributed by atoms with Crippen molar-refractivity contribution in [2.45, 2.75) is 6.92 Å². The lowest BCUT2D eigenvalue weighted by Crippen LogP contribution is -2.49. The zero-order valence-electron chi connectivity index (χ0n) is 13.6. The second-order valence-corrected chi connectivity index (χ2v) is 6.47. The number of carbonyl (C=O) groups excluding carboxylic acids is 1. The van der Waals surface area contributed by atoms with E-state index < -0.39 is 0 Å². The van der Waals surface area contributed by atoms with Crippen LogP contribution in [0.3, 0.4) is 0 Å². The van der Waals surface area contributed by atoms with E-state index in [2.05, 4.69) is 24.7 Å². The van der Waals surface area contributed by atoms with Gasteiger partial charge in [-0.25, -0.2) is 0 Å². The molecule has 0 saturated carbocycles. The number of aromatic nitrogens is 4. The van der Waals surface area contributed by atoms with E-state index in [9.17, 15) is 4.79 Å². The van der Waals surface area contributed by atoms with E-state index in [0.717, 1.165) is 17.4 Å². The third-order valence-electron chi connectivity index (χ3n) is 4.16. The number of piperazine rings is 1. The molecule has 0 aromatic carbocycles. The van der Waals surface area contributed by atoms with Gasteiger partial charge in [0.1, 0.15) is 10.6 Å². The molecule has 8 nitrogen and oxygen atoms in total. The molecule has 128 valence electrons. The Bertz CT molecular complexity index is 853. The Hall–Kier alpha value is -2.81. The summed E-state index contributed by atoms with van der Waals surface area (Å²) in [7, 11) is 0. The van der Waals surface area contributed by atoms with Gasteiger partial charge < -0.3 is 14.2 Å². The summed E-state index contributed by atoms with van der Waals surface area (Å²) in [6.45, 7) is 4.51. The minimum absolute atomic E-state index is 0.00593. The Kier molecular flexibility index (Phi) is 4.14. The number of nitrogens with zero attached hydrogens (tertiary/aromatic N) is 6. The van der Waals surface area contributed by atoms with Crippen molar-refractivity contribution in [1.82, 2.24) is 24.7 Å². The minimum Gasteiger partial charge on any atom is -0.463 e. The van der Waals surface area contributed by atoms with Crippen molar-refractivity contribution < 1.29 is 9.21 Å². The third kappa shape index (κ3) is 3.10. The molecule has 25 heavy (non-hydrogen) atoms. The third-order valence-corrected chi connectivity index (χ3v) is 4.98. The van der Waals surface area contributed by atoms with E-state index in [1.807, 2.05) is 36.1 Å². The highest BCUT2D eigenvalue weighted by Gasteiger charge is 2.25. The number of hydrogen-bond acceptors (Lipinski definition) is 8. The van der Waals surface area contributed by atoms with Gasteiger partial charge >= 0.3 is 0 Å². The zero-order chi connectivity index (χ0) is 17.2. The van der Waals surface area contributed by atoms with E-state index >= 15 is 0 Å². The highest BCUT2D eigenvalue weighted by atomic mass is 32.1. The second kappa shape index (κ2) is 6.60. The first kappa shape index (κ1) is 15.7. The Labute approximate surface area is 148 Å². The molecule has 4 rings (SSSR count). The van der Waals surface area contributed by atoms with Crippen molar-refractivity contribution >= 4 is 23.3 Å². The molecule has 1 amide bonds. The summed E-state index contributed by atoms with van der Waals surface area (Å²) in [4.78, 5) is 17.1. The van der Waals surface area contributed by atoms with Gasteiger partial charge in [0.2, 0.25) is 0 Å². The normalized spacial score (nSPS) is 14.8. The summed E-state index contributed by atoms with van der Waals surface area (Å²) < 4.78 is 9.16. The van der Waals surface area contributed by atoms with Gasteiger partial charge in [-0.05, 0) is 42.7 Å². The first-order valence-electron chi connectivity index (χ1n) is 7.93. The summed E-state index contributed by atoms with van der Waals surface area (Å²) in [5.74, 6) is 1.51. The smallest absolute Gasteiger partial charge is 0.267 e. The summed E-state index contributed by atoms with van der Waals surface area (Å²) in [6.07, 6.45) is 1.61. The molecule has 4 heterocycles. The van der Waals surface area contributed by atoms with Gasteiger partial charge in [-0.1, -0.05) is 4.49 Å². The van der Waals surface area contributed by atoms with E-state index in [0.29, 0.717) is 48.2 Å². The van der Waals surface area contributed by atoms with Crippen LogP contribution in [-0.4, -0.2) is 56.8 Å². The predicted octanol–water partition coefficient (Wildman–Crippen LogP) is 1.86. The Morgan fingerprint density at radius 1 is 1.12 bits per heavy atom. The number of aryl methyl sites for hydroxylation is 1. The first-order chi connectivity index (χ1) is 12.2. The number of furan rings is 1. The molecule has 0 unspecified atom stereocenters.